The van der Waals surface area contributed by atoms with E-state index in [9.17, 15) is 4.79 Å². The van der Waals surface area contributed by atoms with Crippen LogP contribution in [0.2, 0.25) is 0 Å². The molecule has 2 heterocycles. The number of amides is 1. The van der Waals surface area contributed by atoms with Crippen LogP contribution in [-0.4, -0.2) is 24.5 Å². The zero-order valence-electron chi connectivity index (χ0n) is 5.94. The van der Waals surface area contributed by atoms with Gasteiger partial charge in [0, 0.05) is 6.54 Å². The van der Waals surface area contributed by atoms with Gasteiger partial charge in [0.25, 0.3) is 0 Å². The molecule has 0 aliphatic carbocycles. The van der Waals surface area contributed by atoms with Gasteiger partial charge in [-0.1, -0.05) is 0 Å². The molecule has 1 amide bonds. The van der Waals surface area contributed by atoms with E-state index in [4.69, 9.17) is 0 Å². The Morgan fingerprint density at radius 1 is 1.30 bits per heavy atom. The molecule has 0 unspecified atom stereocenters. The maximum Gasteiger partial charge on any atom is 0.240 e. The molecule has 0 radical (unpaired) electrons. The van der Waals surface area contributed by atoms with E-state index in [-0.39, 0.29) is 11.4 Å². The van der Waals surface area contributed by atoms with E-state index in [2.05, 4.69) is 10.6 Å². The summed E-state index contributed by atoms with van der Waals surface area (Å²) in [6.07, 6.45) is 3.15. The van der Waals surface area contributed by atoms with Gasteiger partial charge in [-0.25, -0.2) is 0 Å². The van der Waals surface area contributed by atoms with Crippen molar-refractivity contribution in [1.29, 1.82) is 0 Å². The van der Waals surface area contributed by atoms with Crippen molar-refractivity contribution < 1.29 is 4.79 Å². The van der Waals surface area contributed by atoms with Gasteiger partial charge in [-0.05, 0) is 25.8 Å². The minimum Gasteiger partial charge on any atom is -0.354 e. The predicted molar refractivity (Wildman–Crippen MR) is 37.6 cm³/mol. The van der Waals surface area contributed by atoms with Crippen LogP contribution in [-0.2, 0) is 4.79 Å². The first-order valence-electron chi connectivity index (χ1n) is 3.87. The van der Waals surface area contributed by atoms with E-state index in [1.807, 2.05) is 0 Å². The normalized spacial score (nSPS) is 39.0. The third-order valence-electron chi connectivity index (χ3n) is 2.52. The summed E-state index contributed by atoms with van der Waals surface area (Å²) in [5, 5.41) is 6.12. The van der Waals surface area contributed by atoms with Crippen LogP contribution in [0.3, 0.4) is 0 Å². The third-order valence-corrected chi connectivity index (χ3v) is 2.52. The van der Waals surface area contributed by atoms with Gasteiger partial charge < -0.3 is 10.6 Å². The maximum absolute atomic E-state index is 11.2. The first-order chi connectivity index (χ1) is 4.83. The number of rotatable bonds is 0. The van der Waals surface area contributed by atoms with E-state index in [0.717, 1.165) is 32.4 Å². The number of hydrogen-bond acceptors (Lipinski definition) is 2. The Bertz CT molecular complexity index is 155. The zero-order valence-corrected chi connectivity index (χ0v) is 5.94. The van der Waals surface area contributed by atoms with Gasteiger partial charge in [0.2, 0.25) is 5.91 Å². The lowest BCUT2D eigenvalue weighted by molar-refractivity contribution is -0.124. The fraction of sp³-hybridized carbons (Fsp3) is 0.857. The molecule has 2 rings (SSSR count). The molecule has 2 saturated heterocycles. The number of nitrogens with one attached hydrogen (secondary N) is 2. The maximum atomic E-state index is 11.2. The van der Waals surface area contributed by atoms with Gasteiger partial charge in [-0.15, -0.1) is 0 Å². The molecular formula is C7H12N2O. The molecule has 2 N–H and O–H groups in total. The van der Waals surface area contributed by atoms with Gasteiger partial charge >= 0.3 is 0 Å². The Morgan fingerprint density at radius 3 is 2.70 bits per heavy atom. The van der Waals surface area contributed by atoms with Crippen molar-refractivity contribution >= 4 is 5.91 Å². The van der Waals surface area contributed by atoms with Crippen molar-refractivity contribution in [2.45, 2.75) is 24.8 Å². The van der Waals surface area contributed by atoms with E-state index >= 15 is 0 Å². The molecule has 3 nitrogen and oxygen atoms in total. The van der Waals surface area contributed by atoms with Crippen molar-refractivity contribution in [2.24, 2.45) is 0 Å². The number of carbonyl (C=O) groups is 1. The van der Waals surface area contributed by atoms with Crippen molar-refractivity contribution in [3.05, 3.63) is 0 Å². The van der Waals surface area contributed by atoms with E-state index in [1.54, 1.807) is 0 Å². The molecule has 2 aliphatic heterocycles. The van der Waals surface area contributed by atoms with Crippen LogP contribution in [0.5, 0.6) is 0 Å². The Hall–Kier alpha value is -0.570. The average molecular weight is 140 g/mol. The highest BCUT2D eigenvalue weighted by atomic mass is 16.2. The zero-order chi connectivity index (χ0) is 7.03. The molecule has 3 heteroatoms. The SMILES string of the molecule is O=C1NCC[C@@]12CCCN2. The summed E-state index contributed by atoms with van der Waals surface area (Å²) in [7, 11) is 0. The summed E-state index contributed by atoms with van der Waals surface area (Å²) in [5.41, 5.74) is -0.153. The summed E-state index contributed by atoms with van der Waals surface area (Å²) < 4.78 is 0. The molecule has 0 saturated carbocycles. The summed E-state index contributed by atoms with van der Waals surface area (Å²) >= 11 is 0. The Labute approximate surface area is 60.2 Å². The van der Waals surface area contributed by atoms with Gasteiger partial charge in [-0.3, -0.25) is 4.79 Å². The van der Waals surface area contributed by atoms with E-state index in [1.165, 1.54) is 0 Å². The second-order valence-corrected chi connectivity index (χ2v) is 3.12. The largest absolute Gasteiger partial charge is 0.354 e. The summed E-state index contributed by atoms with van der Waals surface area (Å²) in [6, 6.07) is 0. The molecule has 1 atom stereocenters. The van der Waals surface area contributed by atoms with Crippen molar-refractivity contribution in [1.82, 2.24) is 10.6 Å². The Morgan fingerprint density at radius 2 is 2.20 bits per heavy atom. The van der Waals surface area contributed by atoms with Gasteiger partial charge in [0.15, 0.2) is 0 Å². The van der Waals surface area contributed by atoms with E-state index in [0.29, 0.717) is 0 Å². The molecule has 0 aromatic carbocycles. The van der Waals surface area contributed by atoms with Crippen LogP contribution < -0.4 is 10.6 Å². The first-order valence-corrected chi connectivity index (χ1v) is 3.87. The smallest absolute Gasteiger partial charge is 0.240 e. The average Bonchev–Trinajstić information content (AvgIpc) is 2.48. The summed E-state index contributed by atoms with van der Waals surface area (Å²) in [5.74, 6) is 0.213. The lowest BCUT2D eigenvalue weighted by Gasteiger charge is -2.18. The molecule has 2 fully saturated rings. The van der Waals surface area contributed by atoms with Gasteiger partial charge in [-0.2, -0.15) is 0 Å². The highest BCUT2D eigenvalue weighted by molar-refractivity contribution is 5.88. The van der Waals surface area contributed by atoms with Crippen LogP contribution in [0.4, 0.5) is 0 Å². The molecular weight excluding hydrogens is 128 g/mol. The molecule has 0 bridgehead atoms. The molecule has 0 aromatic heterocycles. The van der Waals surface area contributed by atoms with Crippen LogP contribution in [0.25, 0.3) is 0 Å². The third kappa shape index (κ3) is 0.669. The van der Waals surface area contributed by atoms with E-state index < -0.39 is 0 Å². The molecule has 56 valence electrons. The molecule has 10 heavy (non-hydrogen) atoms. The summed E-state index contributed by atoms with van der Waals surface area (Å²) in [6.45, 7) is 1.86. The highest BCUT2D eigenvalue weighted by Crippen LogP contribution is 2.26. The predicted octanol–water partition coefficient (Wildman–Crippen LogP) is -0.372. The molecule has 1 spiro atoms. The molecule has 0 aromatic rings. The fourth-order valence-corrected chi connectivity index (χ4v) is 1.89. The molecule has 2 aliphatic rings. The van der Waals surface area contributed by atoms with Crippen molar-refractivity contribution in [2.75, 3.05) is 13.1 Å². The van der Waals surface area contributed by atoms with Crippen molar-refractivity contribution in [3.8, 4) is 0 Å². The number of carbonyl (C=O) groups excluding carboxylic acids is 1. The number of hydrogen-bond donors (Lipinski definition) is 2. The lowest BCUT2D eigenvalue weighted by atomic mass is 9.96. The van der Waals surface area contributed by atoms with Gasteiger partial charge in [0.1, 0.15) is 0 Å². The second kappa shape index (κ2) is 1.95. The monoisotopic (exact) mass is 140 g/mol. The summed E-state index contributed by atoms with van der Waals surface area (Å²) in [4.78, 5) is 11.2. The highest BCUT2D eigenvalue weighted by Gasteiger charge is 2.43. The first kappa shape index (κ1) is 6.16. The quantitative estimate of drug-likeness (QED) is 0.482. The standard InChI is InChI=1S/C7H12N2O/c10-6-7(3-5-8-6)2-1-4-9-7/h9H,1-5H2,(H,8,10)/t7-/m0/s1. The van der Waals surface area contributed by atoms with Crippen molar-refractivity contribution in [3.63, 3.8) is 0 Å². The van der Waals surface area contributed by atoms with Crippen LogP contribution in [0, 0.1) is 0 Å². The Balaban J connectivity index is 2.19. The van der Waals surface area contributed by atoms with Crippen LogP contribution >= 0.6 is 0 Å². The second-order valence-electron chi connectivity index (χ2n) is 3.12. The fourth-order valence-electron chi connectivity index (χ4n) is 1.89. The van der Waals surface area contributed by atoms with Crippen LogP contribution in [0.15, 0.2) is 0 Å². The lowest BCUT2D eigenvalue weighted by Crippen LogP contribution is -2.46. The van der Waals surface area contributed by atoms with Gasteiger partial charge in [0.05, 0.1) is 5.54 Å². The van der Waals surface area contributed by atoms with Crippen LogP contribution in [0.1, 0.15) is 19.3 Å². The minimum absolute atomic E-state index is 0.153. The Kier molecular flexibility index (Phi) is 1.20. The minimum atomic E-state index is -0.153. The topological polar surface area (TPSA) is 41.1 Å².